The van der Waals surface area contributed by atoms with E-state index in [0.29, 0.717) is 21.7 Å². The molecule has 0 radical (unpaired) electrons. The van der Waals surface area contributed by atoms with E-state index in [4.69, 9.17) is 21.1 Å². The average Bonchev–Trinajstić information content (AvgIpc) is 3.25. The molecule has 0 unspecified atom stereocenters. The maximum absolute atomic E-state index is 12.5. The number of nitrogens with zero attached hydrogens (tertiary/aromatic N) is 3. The number of nitrogens with one attached hydrogen (secondary N) is 1. The molecule has 0 aliphatic rings. The zero-order valence-corrected chi connectivity index (χ0v) is 19.3. The molecule has 0 aliphatic carbocycles. The molecule has 0 fully saturated rings. The topological polar surface area (TPSA) is 78.3 Å². The van der Waals surface area contributed by atoms with Gasteiger partial charge in [0.05, 0.1) is 12.9 Å². The second kappa shape index (κ2) is 10.9. The van der Waals surface area contributed by atoms with Gasteiger partial charge in [-0.05, 0) is 54.6 Å². The standard InChI is InChI=1S/C24H21ClN4O3S/c1-31-20-12-10-19(11-13-20)29-22(15-32-21-8-3-2-4-9-21)27-28-24(29)33-16-23(30)26-18-7-5-6-17(25)14-18/h2-14H,15-16H2,1H3,(H,26,30). The molecule has 0 saturated carbocycles. The zero-order chi connectivity index (χ0) is 23.0. The van der Waals surface area contributed by atoms with Crippen LogP contribution < -0.4 is 14.8 Å². The van der Waals surface area contributed by atoms with Crippen molar-refractivity contribution in [2.75, 3.05) is 18.2 Å². The summed E-state index contributed by atoms with van der Waals surface area (Å²) in [5, 5.41) is 12.6. The predicted octanol–water partition coefficient (Wildman–Crippen LogP) is 5.24. The number of para-hydroxylation sites is 1. The fourth-order valence-electron chi connectivity index (χ4n) is 3.04. The summed E-state index contributed by atoms with van der Waals surface area (Å²) in [7, 11) is 1.62. The fourth-order valence-corrected chi connectivity index (χ4v) is 4.00. The number of carbonyl (C=O) groups is 1. The third-order valence-electron chi connectivity index (χ3n) is 4.58. The van der Waals surface area contributed by atoms with E-state index < -0.39 is 0 Å². The number of hydrogen-bond donors (Lipinski definition) is 1. The number of carbonyl (C=O) groups excluding carboxylic acids is 1. The molecule has 168 valence electrons. The van der Waals surface area contributed by atoms with E-state index in [1.165, 1.54) is 11.8 Å². The van der Waals surface area contributed by atoms with Crippen molar-refractivity contribution in [1.82, 2.24) is 14.8 Å². The molecule has 1 heterocycles. The third-order valence-corrected chi connectivity index (χ3v) is 5.75. The Morgan fingerprint density at radius 3 is 2.52 bits per heavy atom. The van der Waals surface area contributed by atoms with Gasteiger partial charge >= 0.3 is 0 Å². The minimum Gasteiger partial charge on any atom is -0.497 e. The van der Waals surface area contributed by atoms with Gasteiger partial charge in [-0.1, -0.05) is 47.6 Å². The van der Waals surface area contributed by atoms with Gasteiger partial charge < -0.3 is 14.8 Å². The van der Waals surface area contributed by atoms with E-state index in [2.05, 4.69) is 15.5 Å². The van der Waals surface area contributed by atoms with Crippen molar-refractivity contribution in [2.45, 2.75) is 11.8 Å². The molecule has 9 heteroatoms. The van der Waals surface area contributed by atoms with E-state index >= 15 is 0 Å². The first-order valence-corrected chi connectivity index (χ1v) is 11.4. The Morgan fingerprint density at radius 1 is 1.00 bits per heavy atom. The highest BCUT2D eigenvalue weighted by atomic mass is 35.5. The molecule has 1 aromatic heterocycles. The monoisotopic (exact) mass is 480 g/mol. The average molecular weight is 481 g/mol. The van der Waals surface area contributed by atoms with E-state index in [1.807, 2.05) is 59.2 Å². The zero-order valence-electron chi connectivity index (χ0n) is 17.8. The highest BCUT2D eigenvalue weighted by molar-refractivity contribution is 7.99. The lowest BCUT2D eigenvalue weighted by Gasteiger charge is -2.12. The van der Waals surface area contributed by atoms with E-state index in [1.54, 1.807) is 31.4 Å². The van der Waals surface area contributed by atoms with Crippen molar-refractivity contribution in [2.24, 2.45) is 0 Å². The van der Waals surface area contributed by atoms with Gasteiger partial charge in [-0.25, -0.2) is 0 Å². The number of hydrogen-bond acceptors (Lipinski definition) is 6. The number of thioether (sulfide) groups is 1. The van der Waals surface area contributed by atoms with Crippen molar-refractivity contribution in [1.29, 1.82) is 0 Å². The molecule has 3 aromatic carbocycles. The molecule has 0 spiro atoms. The number of rotatable bonds is 9. The third kappa shape index (κ3) is 6.06. The first kappa shape index (κ1) is 22.7. The number of benzene rings is 3. The summed E-state index contributed by atoms with van der Waals surface area (Å²) in [6.07, 6.45) is 0. The van der Waals surface area contributed by atoms with Crippen LogP contribution in [0.1, 0.15) is 5.82 Å². The lowest BCUT2D eigenvalue weighted by molar-refractivity contribution is -0.113. The minimum absolute atomic E-state index is 0.153. The summed E-state index contributed by atoms with van der Waals surface area (Å²) in [6.45, 7) is 0.221. The highest BCUT2D eigenvalue weighted by Gasteiger charge is 2.17. The first-order chi connectivity index (χ1) is 16.1. The van der Waals surface area contributed by atoms with Crippen molar-refractivity contribution in [3.05, 3.63) is 89.7 Å². The van der Waals surface area contributed by atoms with Crippen molar-refractivity contribution < 1.29 is 14.3 Å². The Kier molecular flexibility index (Phi) is 7.49. The Morgan fingerprint density at radius 2 is 1.79 bits per heavy atom. The van der Waals surface area contributed by atoms with Gasteiger partial charge in [-0.2, -0.15) is 0 Å². The SMILES string of the molecule is COc1ccc(-n2c(COc3ccccc3)nnc2SCC(=O)Nc2cccc(Cl)c2)cc1. The summed E-state index contributed by atoms with van der Waals surface area (Å²) >= 11 is 7.27. The fraction of sp³-hybridized carbons (Fsp3) is 0.125. The van der Waals surface area contributed by atoms with Gasteiger partial charge in [0.2, 0.25) is 5.91 Å². The molecular weight excluding hydrogens is 460 g/mol. The number of ether oxygens (including phenoxy) is 2. The Hall–Kier alpha value is -3.49. The quantitative estimate of drug-likeness (QED) is 0.330. The van der Waals surface area contributed by atoms with Gasteiger partial charge in [-0.3, -0.25) is 9.36 Å². The van der Waals surface area contributed by atoms with Crippen LogP contribution in [0.15, 0.2) is 84.0 Å². The first-order valence-electron chi connectivity index (χ1n) is 10.1. The summed E-state index contributed by atoms with van der Waals surface area (Å²) in [5.74, 6) is 2.07. The van der Waals surface area contributed by atoms with Crippen LogP contribution in [-0.2, 0) is 11.4 Å². The molecule has 0 bridgehead atoms. The molecule has 1 N–H and O–H groups in total. The van der Waals surface area contributed by atoms with Crippen LogP contribution in [-0.4, -0.2) is 33.5 Å². The molecule has 7 nitrogen and oxygen atoms in total. The molecular formula is C24H21ClN4O3S. The van der Waals surface area contributed by atoms with Crippen LogP contribution in [0.3, 0.4) is 0 Å². The van der Waals surface area contributed by atoms with Crippen molar-refractivity contribution >= 4 is 35.0 Å². The van der Waals surface area contributed by atoms with Crippen LogP contribution in [0.25, 0.3) is 5.69 Å². The predicted molar refractivity (Wildman–Crippen MR) is 129 cm³/mol. The number of methoxy groups -OCH3 is 1. The summed E-state index contributed by atoms with van der Waals surface area (Å²) < 4.78 is 13.0. The molecule has 0 aliphatic heterocycles. The van der Waals surface area contributed by atoms with Gasteiger partial charge in [0.1, 0.15) is 18.1 Å². The van der Waals surface area contributed by atoms with Crippen molar-refractivity contribution in [3.8, 4) is 17.2 Å². The second-order valence-corrected chi connectivity index (χ2v) is 8.26. The number of aromatic nitrogens is 3. The van der Waals surface area contributed by atoms with Crippen LogP contribution >= 0.6 is 23.4 Å². The molecule has 0 saturated heterocycles. The Balaban J connectivity index is 1.52. The highest BCUT2D eigenvalue weighted by Crippen LogP contribution is 2.25. The van der Waals surface area contributed by atoms with Crippen molar-refractivity contribution in [3.63, 3.8) is 0 Å². The molecule has 33 heavy (non-hydrogen) atoms. The smallest absolute Gasteiger partial charge is 0.234 e. The minimum atomic E-state index is -0.173. The second-order valence-electron chi connectivity index (χ2n) is 6.88. The van der Waals surface area contributed by atoms with Crippen LogP contribution in [0.5, 0.6) is 11.5 Å². The van der Waals surface area contributed by atoms with E-state index in [9.17, 15) is 4.79 Å². The van der Waals surface area contributed by atoms with Gasteiger partial charge in [0.15, 0.2) is 11.0 Å². The van der Waals surface area contributed by atoms with Crippen LogP contribution in [0.4, 0.5) is 5.69 Å². The summed E-state index contributed by atoms with van der Waals surface area (Å²) in [6, 6.07) is 24.0. The van der Waals surface area contributed by atoms with Crippen LogP contribution in [0, 0.1) is 0 Å². The molecule has 4 aromatic rings. The largest absolute Gasteiger partial charge is 0.497 e. The molecule has 0 atom stereocenters. The Bertz CT molecular complexity index is 1220. The van der Waals surface area contributed by atoms with Gasteiger partial charge in [0.25, 0.3) is 0 Å². The van der Waals surface area contributed by atoms with E-state index in [-0.39, 0.29) is 18.3 Å². The Labute approximate surface area is 200 Å². The lowest BCUT2D eigenvalue weighted by Crippen LogP contribution is -2.14. The molecule has 1 amide bonds. The summed E-state index contributed by atoms with van der Waals surface area (Å²) in [4.78, 5) is 12.5. The molecule has 4 rings (SSSR count). The maximum Gasteiger partial charge on any atom is 0.234 e. The normalized spacial score (nSPS) is 10.6. The maximum atomic E-state index is 12.5. The van der Waals surface area contributed by atoms with E-state index in [0.717, 1.165) is 17.2 Å². The number of anilines is 1. The number of halogens is 1. The lowest BCUT2D eigenvalue weighted by atomic mass is 10.3. The summed E-state index contributed by atoms with van der Waals surface area (Å²) in [5.41, 5.74) is 1.48. The number of amides is 1. The van der Waals surface area contributed by atoms with Gasteiger partial charge in [-0.15, -0.1) is 10.2 Å². The van der Waals surface area contributed by atoms with Gasteiger partial charge in [0, 0.05) is 16.4 Å². The van der Waals surface area contributed by atoms with Crippen LogP contribution in [0.2, 0.25) is 5.02 Å².